The third kappa shape index (κ3) is 3.89. The van der Waals surface area contributed by atoms with Crippen LogP contribution in [0.15, 0.2) is 47.6 Å². The van der Waals surface area contributed by atoms with Gasteiger partial charge in [-0.25, -0.2) is 0 Å². The van der Waals surface area contributed by atoms with Crippen LogP contribution >= 0.6 is 11.6 Å². The van der Waals surface area contributed by atoms with Crippen molar-refractivity contribution < 1.29 is 9.47 Å². The summed E-state index contributed by atoms with van der Waals surface area (Å²) in [6, 6.07) is 13.3. The van der Waals surface area contributed by atoms with Gasteiger partial charge in [-0.15, -0.1) is 0 Å². The largest absolute Gasteiger partial charge is 0.493 e. The number of para-hydroxylation sites is 1. The molecule has 0 heterocycles. The van der Waals surface area contributed by atoms with Crippen molar-refractivity contribution in [2.75, 3.05) is 14.2 Å². The number of nitrogens with one attached hydrogen (secondary N) is 1. The van der Waals surface area contributed by atoms with E-state index in [1.165, 1.54) is 0 Å². The second kappa shape index (κ2) is 7.55. The predicted molar refractivity (Wildman–Crippen MR) is 85.4 cm³/mol. The lowest BCUT2D eigenvalue weighted by atomic mass is 10.2. The minimum atomic E-state index is 0.558. The van der Waals surface area contributed by atoms with Crippen molar-refractivity contribution in [2.24, 2.45) is 5.10 Å². The fourth-order valence-corrected chi connectivity index (χ4v) is 2.10. The average Bonchev–Trinajstić information content (AvgIpc) is 2.52. The van der Waals surface area contributed by atoms with Crippen LogP contribution in [-0.4, -0.2) is 20.4 Å². The second-order valence-corrected chi connectivity index (χ2v) is 4.67. The number of halogens is 1. The molecule has 1 N–H and O–H groups in total. The first kappa shape index (κ1) is 15.2. The van der Waals surface area contributed by atoms with Gasteiger partial charge in [0.25, 0.3) is 0 Å². The topological polar surface area (TPSA) is 42.8 Å². The van der Waals surface area contributed by atoms with Gasteiger partial charge in [0, 0.05) is 10.6 Å². The number of hydrogen-bond donors (Lipinski definition) is 1. The number of hydrazone groups is 1. The number of ether oxygens (including phenoxy) is 2. The fourth-order valence-electron chi connectivity index (χ4n) is 1.90. The molecule has 0 aromatic heterocycles. The summed E-state index contributed by atoms with van der Waals surface area (Å²) in [4.78, 5) is 0. The number of methoxy groups -OCH3 is 2. The lowest BCUT2D eigenvalue weighted by Gasteiger charge is -2.09. The highest BCUT2D eigenvalue weighted by molar-refractivity contribution is 6.31. The van der Waals surface area contributed by atoms with E-state index < -0.39 is 0 Å². The Kier molecular flexibility index (Phi) is 5.46. The van der Waals surface area contributed by atoms with E-state index in [4.69, 9.17) is 21.1 Å². The van der Waals surface area contributed by atoms with Crippen LogP contribution in [0.2, 0.25) is 5.02 Å². The van der Waals surface area contributed by atoms with E-state index >= 15 is 0 Å². The normalized spacial score (nSPS) is 10.6. The van der Waals surface area contributed by atoms with E-state index in [1.807, 2.05) is 42.5 Å². The summed E-state index contributed by atoms with van der Waals surface area (Å²) < 4.78 is 10.6. The van der Waals surface area contributed by atoms with E-state index in [0.29, 0.717) is 18.0 Å². The molecule has 21 heavy (non-hydrogen) atoms. The molecule has 0 saturated heterocycles. The summed E-state index contributed by atoms with van der Waals surface area (Å²) in [6.45, 7) is 0.558. The average molecular weight is 305 g/mol. The smallest absolute Gasteiger partial charge is 0.169 e. The van der Waals surface area contributed by atoms with Gasteiger partial charge in [-0.1, -0.05) is 35.9 Å². The van der Waals surface area contributed by atoms with Gasteiger partial charge < -0.3 is 14.9 Å². The minimum Gasteiger partial charge on any atom is -0.493 e. The molecular weight excluding hydrogens is 288 g/mol. The first-order valence-corrected chi connectivity index (χ1v) is 6.84. The Labute approximate surface area is 129 Å². The third-order valence-electron chi connectivity index (χ3n) is 2.96. The van der Waals surface area contributed by atoms with Crippen molar-refractivity contribution in [2.45, 2.75) is 6.54 Å². The van der Waals surface area contributed by atoms with Gasteiger partial charge in [0.05, 0.1) is 27.0 Å². The van der Waals surface area contributed by atoms with Crippen LogP contribution in [-0.2, 0) is 6.54 Å². The van der Waals surface area contributed by atoms with Crippen LogP contribution in [0.1, 0.15) is 11.1 Å². The Balaban J connectivity index is 2.04. The number of benzene rings is 2. The molecule has 0 spiro atoms. The first-order valence-electron chi connectivity index (χ1n) is 6.46. The SMILES string of the molecule is COc1cccc(/C=N\NCc2ccccc2Cl)c1OC. The molecule has 110 valence electrons. The molecule has 2 aromatic rings. The molecule has 5 heteroatoms. The van der Waals surface area contributed by atoms with Crippen LogP contribution in [0.5, 0.6) is 11.5 Å². The summed E-state index contributed by atoms with van der Waals surface area (Å²) in [6.07, 6.45) is 1.69. The molecule has 0 amide bonds. The Morgan fingerprint density at radius 1 is 1.10 bits per heavy atom. The Bertz CT molecular complexity index is 629. The lowest BCUT2D eigenvalue weighted by molar-refractivity contribution is 0.354. The fraction of sp³-hybridized carbons (Fsp3) is 0.188. The van der Waals surface area contributed by atoms with Gasteiger partial charge in [-0.3, -0.25) is 0 Å². The molecule has 0 saturated carbocycles. The summed E-state index contributed by atoms with van der Waals surface area (Å²) >= 11 is 6.08. The molecule has 0 aliphatic carbocycles. The molecule has 2 rings (SSSR count). The van der Waals surface area contributed by atoms with E-state index in [0.717, 1.165) is 16.1 Å². The molecule has 4 nitrogen and oxygen atoms in total. The Morgan fingerprint density at radius 3 is 2.62 bits per heavy atom. The highest BCUT2D eigenvalue weighted by atomic mass is 35.5. The molecule has 0 aliphatic rings. The molecule has 0 atom stereocenters. The quantitative estimate of drug-likeness (QED) is 0.656. The minimum absolute atomic E-state index is 0.558. The maximum absolute atomic E-state index is 6.08. The zero-order chi connectivity index (χ0) is 15.1. The molecule has 2 aromatic carbocycles. The van der Waals surface area contributed by atoms with E-state index in [1.54, 1.807) is 20.4 Å². The standard InChI is InChI=1S/C16H17ClN2O2/c1-20-15-9-5-7-13(16(15)21-2)11-19-18-10-12-6-3-4-8-14(12)17/h3-9,11,18H,10H2,1-2H3/b19-11-. The summed E-state index contributed by atoms with van der Waals surface area (Å²) in [7, 11) is 3.21. The summed E-state index contributed by atoms with van der Waals surface area (Å²) in [5.41, 5.74) is 4.80. The third-order valence-corrected chi connectivity index (χ3v) is 3.32. The van der Waals surface area contributed by atoms with E-state index in [9.17, 15) is 0 Å². The van der Waals surface area contributed by atoms with Crippen LogP contribution in [0.3, 0.4) is 0 Å². The lowest BCUT2D eigenvalue weighted by Crippen LogP contribution is -2.06. The maximum Gasteiger partial charge on any atom is 0.169 e. The predicted octanol–water partition coefficient (Wildman–Crippen LogP) is 3.48. The van der Waals surface area contributed by atoms with E-state index in [-0.39, 0.29) is 0 Å². The molecule has 0 bridgehead atoms. The summed E-state index contributed by atoms with van der Waals surface area (Å²) in [5, 5.41) is 4.91. The van der Waals surface area contributed by atoms with Crippen molar-refractivity contribution in [3.8, 4) is 11.5 Å². The van der Waals surface area contributed by atoms with Crippen molar-refractivity contribution in [3.63, 3.8) is 0 Å². The molecule has 0 fully saturated rings. The Morgan fingerprint density at radius 2 is 1.90 bits per heavy atom. The highest BCUT2D eigenvalue weighted by Gasteiger charge is 2.07. The van der Waals surface area contributed by atoms with Gasteiger partial charge in [-0.05, 0) is 23.8 Å². The Hall–Kier alpha value is -2.20. The van der Waals surface area contributed by atoms with Crippen LogP contribution in [0.4, 0.5) is 0 Å². The van der Waals surface area contributed by atoms with Crippen molar-refractivity contribution in [3.05, 3.63) is 58.6 Å². The van der Waals surface area contributed by atoms with Gasteiger partial charge in [0.15, 0.2) is 11.5 Å². The monoisotopic (exact) mass is 304 g/mol. The molecule has 0 unspecified atom stereocenters. The van der Waals surface area contributed by atoms with Crippen LogP contribution in [0, 0.1) is 0 Å². The van der Waals surface area contributed by atoms with Crippen molar-refractivity contribution in [1.82, 2.24) is 5.43 Å². The second-order valence-electron chi connectivity index (χ2n) is 4.27. The van der Waals surface area contributed by atoms with Crippen LogP contribution in [0.25, 0.3) is 0 Å². The molecular formula is C16H17ClN2O2. The highest BCUT2D eigenvalue weighted by Crippen LogP contribution is 2.29. The maximum atomic E-state index is 6.08. The number of rotatable bonds is 6. The van der Waals surface area contributed by atoms with Crippen molar-refractivity contribution >= 4 is 17.8 Å². The van der Waals surface area contributed by atoms with Gasteiger partial charge in [-0.2, -0.15) is 5.10 Å². The zero-order valence-corrected chi connectivity index (χ0v) is 12.7. The van der Waals surface area contributed by atoms with Crippen LogP contribution < -0.4 is 14.9 Å². The summed E-state index contributed by atoms with van der Waals surface area (Å²) in [5.74, 6) is 1.33. The van der Waals surface area contributed by atoms with Gasteiger partial charge >= 0.3 is 0 Å². The number of nitrogens with zero attached hydrogens (tertiary/aromatic N) is 1. The zero-order valence-electron chi connectivity index (χ0n) is 12.0. The molecule has 0 aliphatic heterocycles. The molecule has 0 radical (unpaired) electrons. The first-order chi connectivity index (χ1) is 10.3. The van der Waals surface area contributed by atoms with Gasteiger partial charge in [0.1, 0.15) is 0 Å². The van der Waals surface area contributed by atoms with Crippen molar-refractivity contribution in [1.29, 1.82) is 0 Å². The van der Waals surface area contributed by atoms with Gasteiger partial charge in [0.2, 0.25) is 0 Å². The number of hydrogen-bond acceptors (Lipinski definition) is 4. The van der Waals surface area contributed by atoms with E-state index in [2.05, 4.69) is 10.5 Å².